The minimum absolute atomic E-state index is 0.0542. The van der Waals surface area contributed by atoms with Crippen LogP contribution in [-0.4, -0.2) is 53.5 Å². The normalized spacial score (nSPS) is 23.5. The first kappa shape index (κ1) is 19.8. The maximum atomic E-state index is 12.5. The van der Waals surface area contributed by atoms with Gasteiger partial charge in [0.15, 0.2) is 9.84 Å². The number of rotatable bonds is 5. The molecule has 1 aromatic carbocycles. The minimum Gasteiger partial charge on any atom is -0.351 e. The van der Waals surface area contributed by atoms with Crippen LogP contribution in [0.3, 0.4) is 0 Å². The van der Waals surface area contributed by atoms with Crippen LogP contribution in [0.1, 0.15) is 12.0 Å². The molecule has 2 aliphatic heterocycles. The van der Waals surface area contributed by atoms with Gasteiger partial charge in [-0.1, -0.05) is 66.5 Å². The molecule has 1 N–H and O–H groups in total. The van der Waals surface area contributed by atoms with E-state index >= 15 is 0 Å². The lowest BCUT2D eigenvalue weighted by molar-refractivity contribution is -0.129. The molecule has 1 atom stereocenters. The number of benzene rings is 1. The molecular formula is C18H18N2O4S3. The molecule has 0 bridgehead atoms. The highest BCUT2D eigenvalue weighted by atomic mass is 32.2. The van der Waals surface area contributed by atoms with Crippen LogP contribution < -0.4 is 5.32 Å². The molecule has 9 heteroatoms. The van der Waals surface area contributed by atoms with Crippen LogP contribution in [0.4, 0.5) is 0 Å². The molecule has 0 aromatic heterocycles. The highest BCUT2D eigenvalue weighted by molar-refractivity contribution is 8.26. The summed E-state index contributed by atoms with van der Waals surface area (Å²) in [6.07, 6.45) is 5.72. The van der Waals surface area contributed by atoms with Gasteiger partial charge < -0.3 is 5.32 Å². The zero-order valence-electron chi connectivity index (χ0n) is 14.3. The van der Waals surface area contributed by atoms with Gasteiger partial charge in [-0.3, -0.25) is 14.5 Å². The van der Waals surface area contributed by atoms with Crippen LogP contribution in [-0.2, 0) is 19.4 Å². The molecule has 0 radical (unpaired) electrons. The lowest BCUT2D eigenvalue weighted by Gasteiger charge is -2.16. The Hall–Kier alpha value is -1.97. The predicted molar refractivity (Wildman–Crippen MR) is 111 cm³/mol. The number of sulfone groups is 1. The molecule has 2 amide bonds. The highest BCUT2D eigenvalue weighted by Gasteiger charge is 2.34. The van der Waals surface area contributed by atoms with Crippen molar-refractivity contribution in [1.82, 2.24) is 10.2 Å². The average Bonchev–Trinajstić information content (AvgIpc) is 3.09. The zero-order chi connectivity index (χ0) is 19.4. The number of thiocarbonyl (C=S) groups is 1. The summed E-state index contributed by atoms with van der Waals surface area (Å²) in [4.78, 5) is 26.3. The van der Waals surface area contributed by atoms with Crippen LogP contribution in [0, 0.1) is 0 Å². The second kappa shape index (κ2) is 8.37. The van der Waals surface area contributed by atoms with Gasteiger partial charge in [-0.15, -0.1) is 0 Å². The number of hydrogen-bond donors (Lipinski definition) is 1. The van der Waals surface area contributed by atoms with Crippen molar-refractivity contribution in [2.45, 2.75) is 12.5 Å². The van der Waals surface area contributed by atoms with Gasteiger partial charge in [0.25, 0.3) is 5.91 Å². The number of nitrogens with one attached hydrogen (secondary N) is 1. The number of thioether (sulfide) groups is 1. The quantitative estimate of drug-likeness (QED) is 0.575. The fourth-order valence-corrected chi connectivity index (χ4v) is 5.67. The van der Waals surface area contributed by atoms with Crippen molar-refractivity contribution in [3.05, 3.63) is 53.0 Å². The van der Waals surface area contributed by atoms with Crippen LogP contribution in [0.5, 0.6) is 0 Å². The van der Waals surface area contributed by atoms with Crippen molar-refractivity contribution < 1.29 is 18.0 Å². The first-order valence-corrected chi connectivity index (χ1v) is 11.4. The third kappa shape index (κ3) is 5.27. The van der Waals surface area contributed by atoms with Crippen molar-refractivity contribution >= 4 is 56.0 Å². The van der Waals surface area contributed by atoms with E-state index < -0.39 is 21.8 Å². The van der Waals surface area contributed by atoms with Gasteiger partial charge in [0.05, 0.1) is 16.4 Å². The van der Waals surface area contributed by atoms with Gasteiger partial charge in [-0.05, 0) is 18.1 Å². The molecule has 2 heterocycles. The van der Waals surface area contributed by atoms with Gasteiger partial charge in [-0.25, -0.2) is 8.42 Å². The molecular weight excluding hydrogens is 404 g/mol. The van der Waals surface area contributed by atoms with E-state index in [1.54, 1.807) is 12.2 Å². The number of allylic oxidation sites excluding steroid dienone is 2. The first-order chi connectivity index (χ1) is 12.8. The Balaban J connectivity index is 1.58. The van der Waals surface area contributed by atoms with Crippen LogP contribution in [0.25, 0.3) is 6.08 Å². The summed E-state index contributed by atoms with van der Waals surface area (Å²) < 4.78 is 23.2. The Morgan fingerprint density at radius 2 is 2.07 bits per heavy atom. The zero-order valence-corrected chi connectivity index (χ0v) is 16.8. The van der Waals surface area contributed by atoms with E-state index in [0.717, 1.165) is 17.3 Å². The first-order valence-electron chi connectivity index (χ1n) is 8.31. The lowest BCUT2D eigenvalue weighted by Crippen LogP contribution is -2.43. The van der Waals surface area contributed by atoms with Gasteiger partial charge in [0.1, 0.15) is 10.9 Å². The minimum atomic E-state index is -3.07. The molecule has 0 aliphatic carbocycles. The smallest absolute Gasteiger partial charge is 0.266 e. The summed E-state index contributed by atoms with van der Waals surface area (Å²) >= 11 is 6.35. The van der Waals surface area contributed by atoms with Gasteiger partial charge in [0, 0.05) is 6.04 Å². The molecule has 0 spiro atoms. The van der Waals surface area contributed by atoms with Crippen molar-refractivity contribution in [2.75, 3.05) is 18.1 Å². The van der Waals surface area contributed by atoms with E-state index in [-0.39, 0.29) is 24.0 Å². The van der Waals surface area contributed by atoms with Crippen molar-refractivity contribution in [3.8, 4) is 0 Å². The summed E-state index contributed by atoms with van der Waals surface area (Å²) in [5, 5.41) is 2.67. The lowest BCUT2D eigenvalue weighted by atomic mass is 10.2. The number of amides is 2. The molecule has 27 heavy (non-hydrogen) atoms. The Labute approximate surface area is 167 Å². The molecule has 0 unspecified atom stereocenters. The summed E-state index contributed by atoms with van der Waals surface area (Å²) in [5.74, 6) is -0.706. The fourth-order valence-electron chi connectivity index (χ4n) is 2.79. The Bertz CT molecular complexity index is 923. The van der Waals surface area contributed by atoms with E-state index in [1.165, 1.54) is 4.90 Å². The maximum Gasteiger partial charge on any atom is 0.266 e. The number of carbonyl (C=O) groups excluding carboxylic acids is 2. The summed E-state index contributed by atoms with van der Waals surface area (Å²) in [6.45, 7) is -0.207. The van der Waals surface area contributed by atoms with Crippen LogP contribution >= 0.6 is 24.0 Å². The van der Waals surface area contributed by atoms with Gasteiger partial charge in [-0.2, -0.15) is 0 Å². The third-order valence-electron chi connectivity index (χ3n) is 4.11. The van der Waals surface area contributed by atoms with E-state index in [0.29, 0.717) is 15.6 Å². The second-order valence-electron chi connectivity index (χ2n) is 6.23. The predicted octanol–water partition coefficient (Wildman–Crippen LogP) is 1.75. The van der Waals surface area contributed by atoms with Gasteiger partial charge >= 0.3 is 0 Å². The highest BCUT2D eigenvalue weighted by Crippen LogP contribution is 2.30. The molecule has 3 rings (SSSR count). The Morgan fingerprint density at radius 3 is 2.74 bits per heavy atom. The fraction of sp³-hybridized carbons (Fsp3) is 0.278. The van der Waals surface area contributed by atoms with E-state index in [1.807, 2.05) is 36.4 Å². The largest absolute Gasteiger partial charge is 0.351 e. The number of carbonyl (C=O) groups is 2. The average molecular weight is 423 g/mol. The van der Waals surface area contributed by atoms with Crippen molar-refractivity contribution in [1.29, 1.82) is 0 Å². The van der Waals surface area contributed by atoms with E-state index in [2.05, 4.69) is 5.32 Å². The molecule has 1 aromatic rings. The third-order valence-corrected chi connectivity index (χ3v) is 7.27. The molecule has 6 nitrogen and oxygen atoms in total. The van der Waals surface area contributed by atoms with E-state index in [4.69, 9.17) is 12.2 Å². The van der Waals surface area contributed by atoms with Crippen molar-refractivity contribution in [2.24, 2.45) is 0 Å². The van der Waals surface area contributed by atoms with Gasteiger partial charge in [0.2, 0.25) is 5.91 Å². The molecule has 2 aliphatic rings. The number of nitrogens with zero attached hydrogens (tertiary/aromatic N) is 1. The second-order valence-corrected chi connectivity index (χ2v) is 10.1. The Kier molecular flexibility index (Phi) is 6.13. The van der Waals surface area contributed by atoms with Crippen LogP contribution in [0.15, 0.2) is 47.4 Å². The van der Waals surface area contributed by atoms with Crippen LogP contribution in [0.2, 0.25) is 0 Å². The molecule has 0 saturated carbocycles. The molecule has 2 fully saturated rings. The topological polar surface area (TPSA) is 83.6 Å². The standard InChI is InChI=1S/C18H18N2O4S3/c21-16(19-14-9-10-27(23,24)12-14)11-20-17(22)15(26-18(20)25)8-4-7-13-5-2-1-3-6-13/h1-8,14H,9-12H2,(H,19,21)/b7-4+,15-8-/t14-/m1/s1. The Morgan fingerprint density at radius 1 is 1.33 bits per heavy atom. The molecule has 142 valence electrons. The van der Waals surface area contributed by atoms with E-state index in [9.17, 15) is 18.0 Å². The number of hydrogen-bond acceptors (Lipinski definition) is 6. The summed E-state index contributed by atoms with van der Waals surface area (Å²) in [5.41, 5.74) is 1.01. The summed E-state index contributed by atoms with van der Waals surface area (Å²) in [6, 6.07) is 9.27. The molecule has 2 saturated heterocycles. The SMILES string of the molecule is O=C(CN1C(=O)/C(=C/C=C/c2ccccc2)SC1=S)N[C@@H]1CCS(=O)(=O)C1. The monoisotopic (exact) mass is 422 g/mol. The summed E-state index contributed by atoms with van der Waals surface area (Å²) in [7, 11) is -3.07. The maximum absolute atomic E-state index is 12.5. The van der Waals surface area contributed by atoms with Crippen molar-refractivity contribution in [3.63, 3.8) is 0 Å².